The van der Waals surface area contributed by atoms with Gasteiger partial charge in [0.15, 0.2) is 5.82 Å². The molecule has 3 atom stereocenters. The topological polar surface area (TPSA) is 162 Å². The summed E-state index contributed by atoms with van der Waals surface area (Å²) < 4.78 is 43.0. The Morgan fingerprint density at radius 2 is 2.00 bits per heavy atom. The van der Waals surface area contributed by atoms with E-state index in [2.05, 4.69) is 15.4 Å². The van der Waals surface area contributed by atoms with Crippen molar-refractivity contribution in [2.24, 2.45) is 11.7 Å². The van der Waals surface area contributed by atoms with Crippen molar-refractivity contribution in [1.82, 2.24) is 20.1 Å². The van der Waals surface area contributed by atoms with Gasteiger partial charge in [-0.15, -0.1) is 0 Å². The molecule has 48 heavy (non-hydrogen) atoms. The molecule has 0 radical (unpaired) electrons. The van der Waals surface area contributed by atoms with E-state index in [-0.39, 0.29) is 59.5 Å². The van der Waals surface area contributed by atoms with Gasteiger partial charge in [0, 0.05) is 28.3 Å². The SMILES string of the molecule is C[C@@H](O)COc1cc(C(=O)NC[C@](O)(c2cc3c(c(-c4ccc(F)c(Cl)c4F)n2)OC[C@]3(C)C(N)=O)C2CC2)cc2cn(C3CC3)nc12. The van der Waals surface area contributed by atoms with Crippen LogP contribution in [-0.4, -0.2) is 62.7 Å². The minimum Gasteiger partial charge on any atom is -0.489 e. The van der Waals surface area contributed by atoms with Crippen LogP contribution in [0.15, 0.2) is 36.5 Å². The zero-order valence-corrected chi connectivity index (χ0v) is 27.0. The second kappa shape index (κ2) is 11.7. The smallest absolute Gasteiger partial charge is 0.251 e. The van der Waals surface area contributed by atoms with Crippen molar-refractivity contribution in [2.45, 2.75) is 62.7 Å². The Balaban J connectivity index is 1.26. The number of carbonyl (C=O) groups excluding carboxylic acids is 2. The quantitative estimate of drug-likeness (QED) is 0.171. The minimum atomic E-state index is -1.76. The van der Waals surface area contributed by atoms with Crippen molar-refractivity contribution in [3.8, 4) is 22.8 Å². The zero-order chi connectivity index (χ0) is 34.1. The lowest BCUT2D eigenvalue weighted by Gasteiger charge is -2.30. The summed E-state index contributed by atoms with van der Waals surface area (Å²) in [5, 5.41) is 29.5. The molecule has 0 unspecified atom stereocenters. The highest BCUT2D eigenvalue weighted by molar-refractivity contribution is 6.31. The Kier molecular flexibility index (Phi) is 7.84. The van der Waals surface area contributed by atoms with E-state index in [1.165, 1.54) is 6.07 Å². The molecule has 3 heterocycles. The van der Waals surface area contributed by atoms with Gasteiger partial charge in [-0.2, -0.15) is 5.10 Å². The number of hydrogen-bond acceptors (Lipinski definition) is 8. The molecule has 7 rings (SSSR count). The summed E-state index contributed by atoms with van der Waals surface area (Å²) >= 11 is 5.91. The number of carbonyl (C=O) groups is 2. The van der Waals surface area contributed by atoms with Gasteiger partial charge in [0.05, 0.1) is 24.4 Å². The number of halogens is 3. The van der Waals surface area contributed by atoms with Crippen LogP contribution in [-0.2, 0) is 15.8 Å². The Morgan fingerprint density at radius 1 is 1.25 bits per heavy atom. The van der Waals surface area contributed by atoms with E-state index in [9.17, 15) is 24.2 Å². The van der Waals surface area contributed by atoms with E-state index in [0.717, 1.165) is 25.0 Å². The number of aromatic nitrogens is 3. The first-order valence-corrected chi connectivity index (χ1v) is 16.1. The number of primary amides is 1. The van der Waals surface area contributed by atoms with Crippen LogP contribution < -0.4 is 20.5 Å². The Morgan fingerprint density at radius 3 is 2.67 bits per heavy atom. The fourth-order valence-electron chi connectivity index (χ4n) is 6.12. The lowest BCUT2D eigenvalue weighted by molar-refractivity contribution is -0.123. The number of fused-ring (bicyclic) bond motifs is 2. The van der Waals surface area contributed by atoms with Crippen LogP contribution in [0.2, 0.25) is 5.02 Å². The molecule has 0 saturated heterocycles. The number of amides is 2. The summed E-state index contributed by atoms with van der Waals surface area (Å²) in [6, 6.07) is 7.17. The average Bonchev–Trinajstić information content (AvgIpc) is 4.00. The second-order valence-electron chi connectivity index (χ2n) is 13.2. The van der Waals surface area contributed by atoms with Gasteiger partial charge in [-0.25, -0.2) is 13.8 Å². The summed E-state index contributed by atoms with van der Waals surface area (Å²) in [7, 11) is 0. The summed E-state index contributed by atoms with van der Waals surface area (Å²) in [6.45, 7) is 2.71. The van der Waals surface area contributed by atoms with Gasteiger partial charge in [-0.1, -0.05) is 11.6 Å². The van der Waals surface area contributed by atoms with E-state index < -0.39 is 45.6 Å². The van der Waals surface area contributed by atoms with Gasteiger partial charge >= 0.3 is 0 Å². The minimum absolute atomic E-state index is 0.00196. The molecular weight excluding hydrogens is 648 g/mol. The first kappa shape index (κ1) is 32.2. The number of aliphatic hydroxyl groups excluding tert-OH is 1. The van der Waals surface area contributed by atoms with Crippen LogP contribution in [0.3, 0.4) is 0 Å². The molecule has 2 aromatic carbocycles. The molecule has 14 heteroatoms. The van der Waals surface area contributed by atoms with Crippen LogP contribution >= 0.6 is 11.6 Å². The molecular formula is C34H34ClF2N5O6. The van der Waals surface area contributed by atoms with E-state index in [1.54, 1.807) is 26.0 Å². The summed E-state index contributed by atoms with van der Waals surface area (Å²) in [5.41, 5.74) is 3.54. The highest BCUT2D eigenvalue weighted by atomic mass is 35.5. The Labute approximate surface area is 279 Å². The van der Waals surface area contributed by atoms with Crippen molar-refractivity contribution >= 4 is 34.3 Å². The molecule has 0 bridgehead atoms. The number of rotatable bonds is 11. The van der Waals surface area contributed by atoms with E-state index in [1.807, 2.05) is 10.9 Å². The zero-order valence-electron chi connectivity index (χ0n) is 26.2. The van der Waals surface area contributed by atoms with Gasteiger partial charge in [0.25, 0.3) is 5.91 Å². The maximum absolute atomic E-state index is 15.4. The number of benzene rings is 2. The van der Waals surface area contributed by atoms with Crippen molar-refractivity contribution in [1.29, 1.82) is 0 Å². The summed E-state index contributed by atoms with van der Waals surface area (Å²) in [6.07, 6.45) is 4.36. The molecule has 3 aliphatic rings. The molecule has 2 aliphatic carbocycles. The van der Waals surface area contributed by atoms with E-state index in [4.69, 9.17) is 26.8 Å². The lowest BCUT2D eigenvalue weighted by atomic mass is 9.81. The van der Waals surface area contributed by atoms with E-state index in [0.29, 0.717) is 35.5 Å². The predicted molar refractivity (Wildman–Crippen MR) is 171 cm³/mol. The fourth-order valence-corrected chi connectivity index (χ4v) is 6.29. The second-order valence-corrected chi connectivity index (χ2v) is 13.6. The third-order valence-electron chi connectivity index (χ3n) is 9.38. The van der Waals surface area contributed by atoms with Gasteiger partial charge in [0.2, 0.25) is 5.91 Å². The third kappa shape index (κ3) is 5.53. The Hall–Kier alpha value is -4.33. The van der Waals surface area contributed by atoms with Crippen LogP contribution in [0.1, 0.15) is 67.2 Å². The molecule has 5 N–H and O–H groups in total. The number of pyridine rings is 1. The highest BCUT2D eigenvalue weighted by Gasteiger charge is 2.50. The maximum Gasteiger partial charge on any atom is 0.251 e. The molecule has 1 aliphatic heterocycles. The Bertz CT molecular complexity index is 1980. The normalized spacial score (nSPS) is 20.6. The maximum atomic E-state index is 15.4. The molecule has 2 aromatic heterocycles. The largest absolute Gasteiger partial charge is 0.489 e. The van der Waals surface area contributed by atoms with Crippen molar-refractivity contribution in [3.63, 3.8) is 0 Å². The molecule has 2 amide bonds. The first-order valence-electron chi connectivity index (χ1n) is 15.8. The van der Waals surface area contributed by atoms with Gasteiger partial charge in [-0.05, 0) is 75.8 Å². The number of aliphatic hydroxyl groups is 2. The number of ether oxygens (including phenoxy) is 2. The third-order valence-corrected chi connectivity index (χ3v) is 9.72. The van der Waals surface area contributed by atoms with Gasteiger partial charge < -0.3 is 30.7 Å². The number of nitrogens with two attached hydrogens (primary N) is 1. The summed E-state index contributed by atoms with van der Waals surface area (Å²) in [4.78, 5) is 31.0. The van der Waals surface area contributed by atoms with Crippen LogP contribution in [0, 0.1) is 17.6 Å². The lowest BCUT2D eigenvalue weighted by Crippen LogP contribution is -2.44. The van der Waals surface area contributed by atoms with Crippen molar-refractivity contribution in [2.75, 3.05) is 19.8 Å². The van der Waals surface area contributed by atoms with Crippen molar-refractivity contribution < 1.29 is 38.1 Å². The highest BCUT2D eigenvalue weighted by Crippen LogP contribution is 2.50. The molecule has 2 saturated carbocycles. The predicted octanol–water partition coefficient (Wildman–Crippen LogP) is 4.29. The monoisotopic (exact) mass is 681 g/mol. The molecule has 4 aromatic rings. The standard InChI is InChI=1S/C34H34ClF2N5O6/c1-16(43)13-47-24-10-17(9-18-12-42(20-5-6-20)41-28(18)24)31(44)39-14-34(46,19-3-4-19)25-11-22-30(48-15-33(22,2)32(38)45)29(40-25)21-7-8-23(36)26(35)27(21)37/h7-12,16,19-20,43,46H,3-6,13-15H2,1-2H3,(H2,38,45)(H,39,44)/t16-,33+,34-/m1/s1. The average molecular weight is 682 g/mol. The molecule has 0 spiro atoms. The van der Waals surface area contributed by atoms with Gasteiger partial charge in [-0.3, -0.25) is 14.3 Å². The molecule has 252 valence electrons. The van der Waals surface area contributed by atoms with E-state index >= 15 is 4.39 Å². The fraction of sp³-hybridized carbons (Fsp3) is 0.412. The van der Waals surface area contributed by atoms with Crippen LogP contribution in [0.5, 0.6) is 11.5 Å². The number of nitrogens with one attached hydrogen (secondary N) is 1. The van der Waals surface area contributed by atoms with Crippen LogP contribution in [0.25, 0.3) is 22.2 Å². The number of nitrogens with zero attached hydrogens (tertiary/aromatic N) is 3. The summed E-state index contributed by atoms with van der Waals surface area (Å²) in [5.74, 6) is -3.21. The molecule has 2 fully saturated rings. The number of hydrogen-bond donors (Lipinski definition) is 4. The van der Waals surface area contributed by atoms with Crippen LogP contribution in [0.4, 0.5) is 8.78 Å². The first-order chi connectivity index (χ1) is 22.8. The van der Waals surface area contributed by atoms with Gasteiger partial charge in [0.1, 0.15) is 57.8 Å². The molecule has 11 nitrogen and oxygen atoms in total. The van der Waals surface area contributed by atoms with Crippen molar-refractivity contribution in [3.05, 3.63) is 70.0 Å².